The molecule has 39 heavy (non-hydrogen) atoms. The van der Waals surface area contributed by atoms with E-state index >= 15 is 0 Å². The fourth-order valence-corrected chi connectivity index (χ4v) is 3.75. The highest BCUT2D eigenvalue weighted by molar-refractivity contribution is 5.77. The van der Waals surface area contributed by atoms with Gasteiger partial charge in [-0.3, -0.25) is 14.4 Å². The third-order valence-corrected chi connectivity index (χ3v) is 6.43. The molecule has 1 aromatic carbocycles. The Morgan fingerprint density at radius 3 is 1.72 bits per heavy atom. The largest absolute Gasteiger partial charge is 0.508 e. The first-order valence-electron chi connectivity index (χ1n) is 13.4. The summed E-state index contributed by atoms with van der Waals surface area (Å²) in [6.45, 7) is 16.4. The maximum atomic E-state index is 12.5. The molecule has 220 valence electrons. The molecule has 0 spiro atoms. The first-order valence-corrected chi connectivity index (χ1v) is 13.4. The third-order valence-electron chi connectivity index (χ3n) is 6.43. The van der Waals surface area contributed by atoms with Gasteiger partial charge in [0.25, 0.3) is 0 Å². The number of hydrogen-bond donors (Lipinski definition) is 2. The summed E-state index contributed by atoms with van der Waals surface area (Å²) in [5, 5.41) is 9.77. The van der Waals surface area contributed by atoms with Gasteiger partial charge in [0, 0.05) is 24.7 Å². The number of carbonyl (C=O) groups is 4. The second-order valence-corrected chi connectivity index (χ2v) is 11.2. The SMILES string of the molecule is CC(C)CC(=O)Oc1ccc(C(C(C)C(C)OC(=O)OC(C)C(C)C)[C@H](N)C(=O)O)cc1OC(=O)CC(C)C. The number of aliphatic carboxylic acids is 1. The van der Waals surface area contributed by atoms with Crippen molar-refractivity contribution in [2.75, 3.05) is 0 Å². The van der Waals surface area contributed by atoms with Crippen LogP contribution < -0.4 is 15.2 Å². The van der Waals surface area contributed by atoms with Crippen molar-refractivity contribution in [3.63, 3.8) is 0 Å². The number of carbonyl (C=O) groups excluding carboxylic acids is 3. The summed E-state index contributed by atoms with van der Waals surface area (Å²) in [4.78, 5) is 49.2. The van der Waals surface area contributed by atoms with E-state index in [2.05, 4.69) is 0 Å². The van der Waals surface area contributed by atoms with Gasteiger partial charge in [0.2, 0.25) is 0 Å². The number of ether oxygens (including phenoxy) is 4. The number of carboxylic acid groups (broad SMARTS) is 1. The van der Waals surface area contributed by atoms with E-state index in [9.17, 15) is 24.3 Å². The van der Waals surface area contributed by atoms with Crippen LogP contribution in [-0.4, -0.2) is 47.4 Å². The molecule has 1 aromatic rings. The average molecular weight is 552 g/mol. The van der Waals surface area contributed by atoms with Crippen molar-refractivity contribution in [3.8, 4) is 11.5 Å². The molecule has 4 unspecified atom stereocenters. The molecule has 0 fully saturated rings. The van der Waals surface area contributed by atoms with E-state index in [-0.39, 0.29) is 48.2 Å². The topological polar surface area (TPSA) is 151 Å². The Labute approximate surface area is 231 Å². The highest BCUT2D eigenvalue weighted by atomic mass is 16.7. The summed E-state index contributed by atoms with van der Waals surface area (Å²) in [5.41, 5.74) is 6.52. The third kappa shape index (κ3) is 11.2. The quantitative estimate of drug-likeness (QED) is 0.230. The minimum Gasteiger partial charge on any atom is -0.480 e. The molecule has 10 nitrogen and oxygen atoms in total. The summed E-state index contributed by atoms with van der Waals surface area (Å²) in [7, 11) is 0. The lowest BCUT2D eigenvalue weighted by atomic mass is 9.79. The van der Waals surface area contributed by atoms with Crippen LogP contribution in [0.15, 0.2) is 18.2 Å². The highest BCUT2D eigenvalue weighted by Crippen LogP contribution is 2.37. The van der Waals surface area contributed by atoms with Crippen LogP contribution in [0.1, 0.15) is 86.6 Å². The van der Waals surface area contributed by atoms with Gasteiger partial charge in [-0.05, 0) is 49.3 Å². The average Bonchev–Trinajstić information content (AvgIpc) is 2.79. The highest BCUT2D eigenvalue weighted by Gasteiger charge is 2.36. The van der Waals surface area contributed by atoms with Crippen LogP contribution in [0, 0.1) is 23.7 Å². The molecule has 0 heterocycles. The van der Waals surface area contributed by atoms with Crippen molar-refractivity contribution in [2.45, 2.75) is 99.3 Å². The van der Waals surface area contributed by atoms with Crippen molar-refractivity contribution in [1.29, 1.82) is 0 Å². The van der Waals surface area contributed by atoms with Crippen molar-refractivity contribution < 1.29 is 43.2 Å². The van der Waals surface area contributed by atoms with Gasteiger partial charge in [0.05, 0.1) is 0 Å². The molecule has 1 rings (SSSR count). The molecule has 0 saturated carbocycles. The van der Waals surface area contributed by atoms with Crippen LogP contribution in [0.25, 0.3) is 0 Å². The van der Waals surface area contributed by atoms with Gasteiger partial charge in [-0.15, -0.1) is 0 Å². The lowest BCUT2D eigenvalue weighted by Crippen LogP contribution is -2.43. The minimum atomic E-state index is -1.38. The van der Waals surface area contributed by atoms with Crippen LogP contribution >= 0.6 is 0 Å². The van der Waals surface area contributed by atoms with E-state index in [1.165, 1.54) is 12.1 Å². The predicted octanol–water partition coefficient (Wildman–Crippen LogP) is 5.31. The molecule has 0 saturated heterocycles. The van der Waals surface area contributed by atoms with Gasteiger partial charge in [-0.25, -0.2) is 4.79 Å². The maximum Gasteiger partial charge on any atom is 0.508 e. The van der Waals surface area contributed by atoms with Gasteiger partial charge in [-0.1, -0.05) is 54.5 Å². The van der Waals surface area contributed by atoms with E-state index in [0.717, 1.165) is 0 Å². The molecule has 10 heteroatoms. The van der Waals surface area contributed by atoms with Crippen LogP contribution in [0.4, 0.5) is 4.79 Å². The lowest BCUT2D eigenvalue weighted by Gasteiger charge is -2.32. The van der Waals surface area contributed by atoms with Gasteiger partial charge >= 0.3 is 24.1 Å². The van der Waals surface area contributed by atoms with E-state index in [1.807, 2.05) is 41.5 Å². The zero-order chi connectivity index (χ0) is 30.0. The molecule has 3 N–H and O–H groups in total. The van der Waals surface area contributed by atoms with E-state index in [0.29, 0.717) is 5.56 Å². The van der Waals surface area contributed by atoms with E-state index in [1.54, 1.807) is 26.8 Å². The zero-order valence-electron chi connectivity index (χ0n) is 24.6. The number of hydrogen-bond acceptors (Lipinski definition) is 9. The number of nitrogens with two attached hydrogens (primary N) is 1. The van der Waals surface area contributed by atoms with E-state index < -0.39 is 48.0 Å². The monoisotopic (exact) mass is 551 g/mol. The molecule has 0 aliphatic rings. The summed E-state index contributed by atoms with van der Waals surface area (Å²) >= 11 is 0. The Balaban J connectivity index is 3.40. The first kappa shape index (κ1) is 33.9. The van der Waals surface area contributed by atoms with Crippen LogP contribution in [0.3, 0.4) is 0 Å². The van der Waals surface area contributed by atoms with Gasteiger partial charge in [-0.2, -0.15) is 0 Å². The molecule has 0 aromatic heterocycles. The van der Waals surface area contributed by atoms with Crippen LogP contribution in [-0.2, 0) is 23.9 Å². The molecular weight excluding hydrogens is 506 g/mol. The Hall–Kier alpha value is -3.14. The smallest absolute Gasteiger partial charge is 0.480 e. The minimum absolute atomic E-state index is 0.0243. The van der Waals surface area contributed by atoms with Crippen LogP contribution in [0.5, 0.6) is 11.5 Å². The second-order valence-electron chi connectivity index (χ2n) is 11.2. The van der Waals surface area contributed by atoms with Crippen molar-refractivity contribution in [1.82, 2.24) is 0 Å². The van der Waals surface area contributed by atoms with Crippen molar-refractivity contribution >= 4 is 24.1 Å². The number of benzene rings is 1. The standard InChI is InChI=1S/C29H45NO9/c1-15(2)12-24(31)38-22-11-10-21(14-23(22)39-25(32)13-16(3)4)26(27(30)28(33)34)18(7)20(9)37-29(35)36-19(8)17(5)6/h10-11,14-20,26-27H,12-13,30H2,1-9H3,(H,33,34)/t18?,19?,20?,26?,27-/m0/s1. The Morgan fingerprint density at radius 1 is 0.769 bits per heavy atom. The number of rotatable bonds is 14. The second kappa shape index (κ2) is 15.5. The van der Waals surface area contributed by atoms with E-state index in [4.69, 9.17) is 24.7 Å². The zero-order valence-corrected chi connectivity index (χ0v) is 24.6. The van der Waals surface area contributed by atoms with Crippen LogP contribution in [0.2, 0.25) is 0 Å². The summed E-state index contributed by atoms with van der Waals surface area (Å²) in [6.07, 6.45) is -1.73. The van der Waals surface area contributed by atoms with Crippen molar-refractivity contribution in [2.24, 2.45) is 29.4 Å². The van der Waals surface area contributed by atoms with Gasteiger partial charge < -0.3 is 29.8 Å². The summed E-state index contributed by atoms with van der Waals surface area (Å²) in [6, 6.07) is 3.08. The summed E-state index contributed by atoms with van der Waals surface area (Å²) in [5.74, 6) is -3.57. The molecular formula is C29H45NO9. The lowest BCUT2D eigenvalue weighted by molar-refractivity contribution is -0.140. The molecule has 0 aliphatic carbocycles. The first-order chi connectivity index (χ1) is 18.0. The fourth-order valence-electron chi connectivity index (χ4n) is 3.75. The molecule has 0 aliphatic heterocycles. The molecule has 5 atom stereocenters. The molecule has 0 bridgehead atoms. The molecule has 0 radical (unpaired) electrons. The maximum absolute atomic E-state index is 12.5. The Kier molecular flexibility index (Phi) is 13.4. The van der Waals surface area contributed by atoms with Gasteiger partial charge in [0.15, 0.2) is 11.5 Å². The number of esters is 2. The van der Waals surface area contributed by atoms with Gasteiger partial charge in [0.1, 0.15) is 18.2 Å². The molecule has 0 amide bonds. The normalized spacial score (nSPS) is 15.3. The Bertz CT molecular complexity index is 989. The predicted molar refractivity (Wildman–Crippen MR) is 145 cm³/mol. The van der Waals surface area contributed by atoms with Crippen molar-refractivity contribution in [3.05, 3.63) is 23.8 Å². The summed E-state index contributed by atoms with van der Waals surface area (Å²) < 4.78 is 21.8. The fraction of sp³-hybridized carbons (Fsp3) is 0.655. The number of carboxylic acids is 1. The Morgan fingerprint density at radius 2 is 1.26 bits per heavy atom.